The first-order chi connectivity index (χ1) is 9.56. The van der Waals surface area contributed by atoms with Crippen LogP contribution in [0.3, 0.4) is 0 Å². The van der Waals surface area contributed by atoms with Gasteiger partial charge in [0.1, 0.15) is 17.3 Å². The summed E-state index contributed by atoms with van der Waals surface area (Å²) in [6.45, 7) is 3.33. The van der Waals surface area contributed by atoms with Gasteiger partial charge in [-0.15, -0.1) is 0 Å². The van der Waals surface area contributed by atoms with Gasteiger partial charge >= 0.3 is 0 Å². The minimum Gasteiger partial charge on any atom is -0.383 e. The first kappa shape index (κ1) is 15.1. The van der Waals surface area contributed by atoms with Crippen LogP contribution in [0.2, 0.25) is 0 Å². The number of thioether (sulfide) groups is 1. The Morgan fingerprint density at radius 2 is 2.10 bits per heavy atom. The third-order valence-electron chi connectivity index (χ3n) is 3.42. The molecule has 1 aliphatic rings. The van der Waals surface area contributed by atoms with Crippen molar-refractivity contribution in [3.63, 3.8) is 0 Å². The van der Waals surface area contributed by atoms with Crippen LogP contribution in [0.5, 0.6) is 0 Å². The number of hydrogen-bond acceptors (Lipinski definition) is 3. The van der Waals surface area contributed by atoms with E-state index in [1.165, 1.54) is 7.05 Å². The summed E-state index contributed by atoms with van der Waals surface area (Å²) in [7, 11) is 1.44. The maximum Gasteiger partial charge on any atom is 0.254 e. The van der Waals surface area contributed by atoms with Crippen LogP contribution in [0.15, 0.2) is 12.1 Å². The summed E-state index contributed by atoms with van der Waals surface area (Å²) in [4.78, 5) is 14.0. The van der Waals surface area contributed by atoms with Gasteiger partial charge in [0.05, 0.1) is 0 Å². The molecule has 0 saturated carbocycles. The SMILES string of the molecule is CCC1CN(C(=O)c2cc(F)c(NC)c(F)c2)CCS1. The summed E-state index contributed by atoms with van der Waals surface area (Å²) in [5.74, 6) is -0.920. The summed E-state index contributed by atoms with van der Waals surface area (Å²) in [5, 5.41) is 2.85. The number of rotatable bonds is 3. The summed E-state index contributed by atoms with van der Waals surface area (Å²) in [6.07, 6.45) is 0.982. The van der Waals surface area contributed by atoms with E-state index >= 15 is 0 Å². The molecule has 1 unspecified atom stereocenters. The van der Waals surface area contributed by atoms with E-state index in [9.17, 15) is 13.6 Å². The highest BCUT2D eigenvalue weighted by Gasteiger charge is 2.25. The Morgan fingerprint density at radius 3 is 2.65 bits per heavy atom. The Bertz CT molecular complexity index is 487. The molecule has 0 bridgehead atoms. The molecule has 1 amide bonds. The van der Waals surface area contributed by atoms with Gasteiger partial charge in [0.15, 0.2) is 0 Å². The molecule has 1 aromatic rings. The second-order valence-electron chi connectivity index (χ2n) is 4.72. The van der Waals surface area contributed by atoms with Crippen LogP contribution in [-0.2, 0) is 0 Å². The zero-order chi connectivity index (χ0) is 14.7. The van der Waals surface area contributed by atoms with Gasteiger partial charge in [-0.3, -0.25) is 4.79 Å². The number of hydrogen-bond donors (Lipinski definition) is 1. The standard InChI is InChI=1S/C14H18F2N2OS/c1-3-10-8-18(4-5-20-10)14(19)9-6-11(15)13(17-2)12(16)7-9/h6-7,10,17H,3-5,8H2,1-2H3. The van der Waals surface area contributed by atoms with Crippen molar-refractivity contribution in [2.24, 2.45) is 0 Å². The third kappa shape index (κ3) is 3.06. The zero-order valence-corrected chi connectivity index (χ0v) is 12.4. The average molecular weight is 300 g/mol. The Morgan fingerprint density at radius 1 is 1.45 bits per heavy atom. The van der Waals surface area contributed by atoms with Crippen molar-refractivity contribution >= 4 is 23.4 Å². The van der Waals surface area contributed by atoms with Gasteiger partial charge < -0.3 is 10.2 Å². The van der Waals surface area contributed by atoms with Crippen molar-refractivity contribution in [2.75, 3.05) is 31.2 Å². The van der Waals surface area contributed by atoms with E-state index < -0.39 is 11.6 Å². The number of halogens is 2. The maximum absolute atomic E-state index is 13.7. The molecule has 0 aromatic heterocycles. The van der Waals surface area contributed by atoms with Crippen molar-refractivity contribution < 1.29 is 13.6 Å². The van der Waals surface area contributed by atoms with Crippen molar-refractivity contribution in [3.05, 3.63) is 29.3 Å². The topological polar surface area (TPSA) is 32.3 Å². The van der Waals surface area contributed by atoms with Crippen LogP contribution in [0.25, 0.3) is 0 Å². The van der Waals surface area contributed by atoms with Gasteiger partial charge in [-0.05, 0) is 18.6 Å². The number of benzene rings is 1. The van der Waals surface area contributed by atoms with Crippen LogP contribution in [0, 0.1) is 11.6 Å². The van der Waals surface area contributed by atoms with Crippen LogP contribution in [0.1, 0.15) is 23.7 Å². The molecule has 0 aliphatic carbocycles. The van der Waals surface area contributed by atoms with Gasteiger partial charge in [-0.2, -0.15) is 11.8 Å². The van der Waals surface area contributed by atoms with Crippen molar-refractivity contribution in [2.45, 2.75) is 18.6 Å². The van der Waals surface area contributed by atoms with E-state index in [0.29, 0.717) is 18.3 Å². The lowest BCUT2D eigenvalue weighted by Gasteiger charge is -2.32. The number of nitrogens with zero attached hydrogens (tertiary/aromatic N) is 1. The molecule has 1 fully saturated rings. The molecule has 3 nitrogen and oxygen atoms in total. The molecule has 0 radical (unpaired) electrons. The maximum atomic E-state index is 13.7. The van der Waals surface area contributed by atoms with E-state index in [2.05, 4.69) is 12.2 Å². The predicted molar refractivity (Wildman–Crippen MR) is 78.3 cm³/mol. The molecule has 1 saturated heterocycles. The molecule has 20 heavy (non-hydrogen) atoms. The monoisotopic (exact) mass is 300 g/mol. The molecule has 1 N–H and O–H groups in total. The second-order valence-corrected chi connectivity index (χ2v) is 6.13. The van der Waals surface area contributed by atoms with Crippen LogP contribution >= 0.6 is 11.8 Å². The van der Waals surface area contributed by atoms with Crippen LogP contribution in [0.4, 0.5) is 14.5 Å². The fourth-order valence-electron chi connectivity index (χ4n) is 2.27. The van der Waals surface area contributed by atoms with Crippen molar-refractivity contribution in [1.82, 2.24) is 4.90 Å². The minimum absolute atomic E-state index is 0.0701. The van der Waals surface area contributed by atoms with Gasteiger partial charge in [-0.25, -0.2) is 8.78 Å². The van der Waals surface area contributed by atoms with Crippen LogP contribution < -0.4 is 5.32 Å². The minimum atomic E-state index is -0.741. The molecular formula is C14H18F2N2OS. The Kier molecular flexibility index (Phi) is 4.86. The smallest absolute Gasteiger partial charge is 0.254 e. The van der Waals surface area contributed by atoms with E-state index in [-0.39, 0.29) is 17.2 Å². The molecule has 6 heteroatoms. The molecule has 2 rings (SSSR count). The van der Waals surface area contributed by atoms with Gasteiger partial charge in [0.2, 0.25) is 0 Å². The predicted octanol–water partition coefficient (Wildman–Crippen LogP) is 2.97. The van der Waals surface area contributed by atoms with E-state index in [1.54, 1.807) is 4.90 Å². The van der Waals surface area contributed by atoms with Crippen molar-refractivity contribution in [3.8, 4) is 0 Å². The zero-order valence-electron chi connectivity index (χ0n) is 11.6. The van der Waals surface area contributed by atoms with Gasteiger partial charge in [-0.1, -0.05) is 6.92 Å². The first-order valence-corrected chi connectivity index (χ1v) is 7.69. The fourth-order valence-corrected chi connectivity index (χ4v) is 3.45. The Balaban J connectivity index is 2.21. The second kappa shape index (κ2) is 6.43. The largest absolute Gasteiger partial charge is 0.383 e. The third-order valence-corrected chi connectivity index (χ3v) is 4.79. The normalized spacial score (nSPS) is 19.0. The number of carbonyl (C=O) groups excluding carboxylic acids is 1. The highest BCUT2D eigenvalue weighted by Crippen LogP contribution is 2.25. The summed E-state index contributed by atoms with van der Waals surface area (Å²) < 4.78 is 27.4. The molecule has 1 aromatic carbocycles. The van der Waals surface area contributed by atoms with Crippen LogP contribution in [-0.4, -0.2) is 41.9 Å². The fraction of sp³-hybridized carbons (Fsp3) is 0.500. The first-order valence-electron chi connectivity index (χ1n) is 6.64. The molecular weight excluding hydrogens is 282 g/mol. The average Bonchev–Trinajstić information content (AvgIpc) is 2.46. The van der Waals surface area contributed by atoms with Gasteiger partial charge in [0, 0.05) is 36.7 Å². The van der Waals surface area contributed by atoms with E-state index in [1.807, 2.05) is 11.8 Å². The Labute approximate surface area is 121 Å². The number of nitrogens with one attached hydrogen (secondary N) is 1. The Hall–Kier alpha value is -1.30. The molecule has 1 heterocycles. The molecule has 1 aliphatic heterocycles. The molecule has 110 valence electrons. The summed E-state index contributed by atoms with van der Waals surface area (Å²) in [5.41, 5.74) is -0.136. The highest BCUT2D eigenvalue weighted by molar-refractivity contribution is 8.00. The molecule has 0 spiro atoms. The van der Waals surface area contributed by atoms with Crippen molar-refractivity contribution in [1.29, 1.82) is 0 Å². The lowest BCUT2D eigenvalue weighted by molar-refractivity contribution is 0.0760. The summed E-state index contributed by atoms with van der Waals surface area (Å²) >= 11 is 1.84. The lowest BCUT2D eigenvalue weighted by Crippen LogP contribution is -2.41. The highest BCUT2D eigenvalue weighted by atomic mass is 32.2. The number of carbonyl (C=O) groups is 1. The van der Waals surface area contributed by atoms with Gasteiger partial charge in [0.25, 0.3) is 5.91 Å². The lowest BCUT2D eigenvalue weighted by atomic mass is 10.1. The van der Waals surface area contributed by atoms with E-state index in [0.717, 1.165) is 24.3 Å². The van der Waals surface area contributed by atoms with E-state index in [4.69, 9.17) is 0 Å². The number of anilines is 1. The summed E-state index contributed by atoms with van der Waals surface area (Å²) in [6, 6.07) is 2.19. The quantitative estimate of drug-likeness (QED) is 0.931. The molecule has 1 atom stereocenters. The number of amides is 1.